The molecule has 0 aliphatic rings. The summed E-state index contributed by atoms with van der Waals surface area (Å²) in [5, 5.41) is 20.1. The highest BCUT2D eigenvalue weighted by atomic mass is 35.5. The molecule has 0 aliphatic heterocycles. The van der Waals surface area contributed by atoms with Crippen LogP contribution in [-0.2, 0) is 4.79 Å². The van der Waals surface area contributed by atoms with Crippen molar-refractivity contribution in [2.75, 3.05) is 6.61 Å². The smallest absolute Gasteiger partial charge is 0.328 e. The number of carboxylic acid groups (broad SMARTS) is 1. The number of aliphatic hydroxyl groups is 1. The molecule has 1 aromatic rings. The molecular weight excluding hydrogens is 246 g/mol. The lowest BCUT2D eigenvalue weighted by atomic mass is 10.1. The molecule has 17 heavy (non-hydrogen) atoms. The molecule has 0 saturated carbocycles. The van der Waals surface area contributed by atoms with Crippen LogP contribution in [0.2, 0.25) is 5.02 Å². The molecule has 1 atom stereocenters. The van der Waals surface area contributed by atoms with Crippen LogP contribution in [0.3, 0.4) is 0 Å². The molecular formula is C11H12ClNO4. The summed E-state index contributed by atoms with van der Waals surface area (Å²) in [6.45, 7) is 1.04. The summed E-state index contributed by atoms with van der Waals surface area (Å²) in [7, 11) is 0. The fourth-order valence-corrected chi connectivity index (χ4v) is 1.43. The average Bonchev–Trinajstić information content (AvgIpc) is 2.28. The maximum absolute atomic E-state index is 11.7. The first-order valence-corrected chi connectivity index (χ1v) is 5.24. The van der Waals surface area contributed by atoms with Crippen molar-refractivity contribution < 1.29 is 19.8 Å². The van der Waals surface area contributed by atoms with Crippen LogP contribution in [0, 0.1) is 6.92 Å². The van der Waals surface area contributed by atoms with E-state index >= 15 is 0 Å². The van der Waals surface area contributed by atoms with Gasteiger partial charge in [0.25, 0.3) is 5.91 Å². The topological polar surface area (TPSA) is 86.6 Å². The number of hydrogen-bond acceptors (Lipinski definition) is 3. The molecule has 1 amide bonds. The van der Waals surface area contributed by atoms with E-state index in [4.69, 9.17) is 21.8 Å². The fourth-order valence-electron chi connectivity index (χ4n) is 1.26. The third-order valence-electron chi connectivity index (χ3n) is 2.23. The van der Waals surface area contributed by atoms with Crippen molar-refractivity contribution in [1.82, 2.24) is 5.32 Å². The average molecular weight is 258 g/mol. The summed E-state index contributed by atoms with van der Waals surface area (Å²) in [6, 6.07) is 3.42. The summed E-state index contributed by atoms with van der Waals surface area (Å²) < 4.78 is 0. The molecule has 0 unspecified atom stereocenters. The van der Waals surface area contributed by atoms with E-state index in [1.807, 2.05) is 0 Å². The van der Waals surface area contributed by atoms with Crippen LogP contribution in [0.5, 0.6) is 0 Å². The quantitative estimate of drug-likeness (QED) is 0.745. The molecule has 0 heterocycles. The largest absolute Gasteiger partial charge is 0.480 e. The Kier molecular flexibility index (Phi) is 4.48. The molecule has 0 radical (unpaired) electrons. The van der Waals surface area contributed by atoms with E-state index in [0.29, 0.717) is 10.6 Å². The molecule has 0 saturated heterocycles. The van der Waals surface area contributed by atoms with Crippen LogP contribution in [0.15, 0.2) is 18.2 Å². The Morgan fingerprint density at radius 3 is 2.65 bits per heavy atom. The standard InChI is InChI=1S/C11H12ClNO4/c1-6-2-3-7(12)4-8(6)10(15)13-9(5-14)11(16)17/h2-4,9,14H,5H2,1H3,(H,13,15)(H,16,17)/t9-/m0/s1. The number of benzene rings is 1. The molecule has 0 bridgehead atoms. The molecule has 6 heteroatoms. The first kappa shape index (κ1) is 13.5. The van der Waals surface area contributed by atoms with Crippen LogP contribution in [0.4, 0.5) is 0 Å². The van der Waals surface area contributed by atoms with Gasteiger partial charge in [-0.15, -0.1) is 0 Å². The monoisotopic (exact) mass is 257 g/mol. The third-order valence-corrected chi connectivity index (χ3v) is 2.47. The van der Waals surface area contributed by atoms with Crippen molar-refractivity contribution in [2.24, 2.45) is 0 Å². The van der Waals surface area contributed by atoms with Crippen LogP contribution in [-0.4, -0.2) is 34.7 Å². The first-order chi connectivity index (χ1) is 7.95. The zero-order chi connectivity index (χ0) is 13.0. The number of aryl methyl sites for hydroxylation is 1. The second-order valence-electron chi connectivity index (χ2n) is 3.51. The number of aliphatic hydroxyl groups excluding tert-OH is 1. The van der Waals surface area contributed by atoms with Crippen molar-refractivity contribution in [3.8, 4) is 0 Å². The zero-order valence-electron chi connectivity index (χ0n) is 9.11. The number of carbonyl (C=O) groups excluding carboxylic acids is 1. The van der Waals surface area contributed by atoms with Gasteiger partial charge >= 0.3 is 5.97 Å². The number of aliphatic carboxylic acids is 1. The minimum Gasteiger partial charge on any atom is -0.480 e. The van der Waals surface area contributed by atoms with Gasteiger partial charge in [-0.25, -0.2) is 4.79 Å². The van der Waals surface area contributed by atoms with Crippen molar-refractivity contribution in [1.29, 1.82) is 0 Å². The van der Waals surface area contributed by atoms with E-state index in [0.717, 1.165) is 0 Å². The number of carbonyl (C=O) groups is 2. The number of hydrogen-bond donors (Lipinski definition) is 3. The van der Waals surface area contributed by atoms with E-state index in [1.165, 1.54) is 6.07 Å². The van der Waals surface area contributed by atoms with Gasteiger partial charge in [0, 0.05) is 10.6 Å². The van der Waals surface area contributed by atoms with E-state index in [1.54, 1.807) is 19.1 Å². The zero-order valence-corrected chi connectivity index (χ0v) is 9.86. The Labute approximate surface area is 103 Å². The minimum absolute atomic E-state index is 0.289. The Hall–Kier alpha value is -1.59. The molecule has 0 aromatic heterocycles. The predicted octanol–water partition coefficient (Wildman–Crippen LogP) is 0.824. The predicted molar refractivity (Wildman–Crippen MR) is 62.2 cm³/mol. The van der Waals surface area contributed by atoms with Crippen molar-refractivity contribution in [2.45, 2.75) is 13.0 Å². The van der Waals surface area contributed by atoms with Crippen molar-refractivity contribution >= 4 is 23.5 Å². The van der Waals surface area contributed by atoms with Crippen LogP contribution < -0.4 is 5.32 Å². The number of nitrogens with one attached hydrogen (secondary N) is 1. The Bertz CT molecular complexity index is 447. The van der Waals surface area contributed by atoms with E-state index in [2.05, 4.69) is 5.32 Å². The first-order valence-electron chi connectivity index (χ1n) is 4.86. The summed E-state index contributed by atoms with van der Waals surface area (Å²) in [5.41, 5.74) is 0.964. The van der Waals surface area contributed by atoms with E-state index in [-0.39, 0.29) is 5.56 Å². The van der Waals surface area contributed by atoms with Crippen LogP contribution in [0.1, 0.15) is 15.9 Å². The molecule has 0 aliphatic carbocycles. The molecule has 5 nitrogen and oxygen atoms in total. The van der Waals surface area contributed by atoms with Crippen LogP contribution in [0.25, 0.3) is 0 Å². The Morgan fingerprint density at radius 2 is 2.12 bits per heavy atom. The van der Waals surface area contributed by atoms with Gasteiger partial charge in [0.1, 0.15) is 0 Å². The van der Waals surface area contributed by atoms with Gasteiger partial charge in [0.15, 0.2) is 6.04 Å². The SMILES string of the molecule is Cc1ccc(Cl)cc1C(=O)N[C@@H](CO)C(=O)O. The van der Waals surface area contributed by atoms with Gasteiger partial charge in [-0.05, 0) is 24.6 Å². The maximum atomic E-state index is 11.7. The molecule has 0 fully saturated rings. The Morgan fingerprint density at radius 1 is 1.47 bits per heavy atom. The number of halogens is 1. The Balaban J connectivity index is 2.89. The summed E-state index contributed by atoms with van der Waals surface area (Å²) in [4.78, 5) is 22.4. The van der Waals surface area contributed by atoms with Gasteiger partial charge in [-0.1, -0.05) is 17.7 Å². The highest BCUT2D eigenvalue weighted by Crippen LogP contribution is 2.15. The molecule has 0 spiro atoms. The number of carboxylic acids is 1. The van der Waals surface area contributed by atoms with Crippen molar-refractivity contribution in [3.63, 3.8) is 0 Å². The van der Waals surface area contributed by atoms with E-state index < -0.39 is 24.5 Å². The second kappa shape index (κ2) is 5.65. The highest BCUT2D eigenvalue weighted by Gasteiger charge is 2.20. The molecule has 92 valence electrons. The normalized spacial score (nSPS) is 11.9. The maximum Gasteiger partial charge on any atom is 0.328 e. The molecule has 1 aromatic carbocycles. The lowest BCUT2D eigenvalue weighted by Crippen LogP contribution is -2.43. The molecule has 1 rings (SSSR count). The number of rotatable bonds is 4. The van der Waals surface area contributed by atoms with Gasteiger partial charge in [-0.2, -0.15) is 0 Å². The van der Waals surface area contributed by atoms with Crippen molar-refractivity contribution in [3.05, 3.63) is 34.3 Å². The summed E-state index contributed by atoms with van der Waals surface area (Å²) in [5.74, 6) is -1.87. The fraction of sp³-hybridized carbons (Fsp3) is 0.273. The highest BCUT2D eigenvalue weighted by molar-refractivity contribution is 6.31. The van der Waals surface area contributed by atoms with Gasteiger partial charge in [0.05, 0.1) is 6.61 Å². The lowest BCUT2D eigenvalue weighted by Gasteiger charge is -2.13. The summed E-state index contributed by atoms with van der Waals surface area (Å²) >= 11 is 5.75. The summed E-state index contributed by atoms with van der Waals surface area (Å²) in [6.07, 6.45) is 0. The van der Waals surface area contributed by atoms with Gasteiger partial charge in [-0.3, -0.25) is 4.79 Å². The number of amides is 1. The molecule has 3 N–H and O–H groups in total. The lowest BCUT2D eigenvalue weighted by molar-refractivity contribution is -0.140. The van der Waals surface area contributed by atoms with Crippen LogP contribution >= 0.6 is 11.6 Å². The third kappa shape index (κ3) is 3.44. The second-order valence-corrected chi connectivity index (χ2v) is 3.94. The van der Waals surface area contributed by atoms with Gasteiger partial charge in [0.2, 0.25) is 0 Å². The minimum atomic E-state index is -1.32. The van der Waals surface area contributed by atoms with Gasteiger partial charge < -0.3 is 15.5 Å². The van der Waals surface area contributed by atoms with E-state index in [9.17, 15) is 9.59 Å².